The van der Waals surface area contributed by atoms with E-state index in [-0.39, 0.29) is 6.04 Å². The number of hydrogen-bond acceptors (Lipinski definition) is 3. The summed E-state index contributed by atoms with van der Waals surface area (Å²) >= 11 is 6.20. The van der Waals surface area contributed by atoms with Crippen LogP contribution < -0.4 is 15.8 Å². The number of piperidine rings is 1. The minimum atomic E-state index is -0.0224. The molecule has 1 aliphatic rings. The second-order valence-corrected chi connectivity index (χ2v) is 5.38. The zero-order valence-corrected chi connectivity index (χ0v) is 11.8. The minimum Gasteiger partial charge on any atom is -0.496 e. The summed E-state index contributed by atoms with van der Waals surface area (Å²) < 4.78 is 5.43. The lowest BCUT2D eigenvalue weighted by Gasteiger charge is -2.29. The lowest BCUT2D eigenvalue weighted by atomic mass is 9.87. The summed E-state index contributed by atoms with van der Waals surface area (Å²) in [6.07, 6.45) is 2.34. The quantitative estimate of drug-likeness (QED) is 0.886. The Bertz CT molecular complexity index is 417. The normalized spacial score (nSPS) is 21.7. The van der Waals surface area contributed by atoms with Crippen molar-refractivity contribution in [2.24, 2.45) is 11.7 Å². The van der Waals surface area contributed by atoms with Crippen molar-refractivity contribution in [1.82, 2.24) is 5.32 Å². The first kappa shape index (κ1) is 13.7. The summed E-state index contributed by atoms with van der Waals surface area (Å²) in [5.41, 5.74) is 8.42. The Hall–Kier alpha value is -0.770. The van der Waals surface area contributed by atoms with E-state index in [2.05, 4.69) is 5.32 Å². The molecule has 1 heterocycles. The van der Waals surface area contributed by atoms with Crippen molar-refractivity contribution in [2.45, 2.75) is 25.8 Å². The average Bonchev–Trinajstić information content (AvgIpc) is 2.41. The lowest BCUT2D eigenvalue weighted by molar-refractivity contribution is 0.317. The van der Waals surface area contributed by atoms with Crippen molar-refractivity contribution in [2.75, 3.05) is 20.2 Å². The van der Waals surface area contributed by atoms with Crippen LogP contribution in [0.5, 0.6) is 5.75 Å². The van der Waals surface area contributed by atoms with Gasteiger partial charge in [0, 0.05) is 16.6 Å². The second kappa shape index (κ2) is 5.91. The van der Waals surface area contributed by atoms with E-state index < -0.39 is 0 Å². The van der Waals surface area contributed by atoms with E-state index >= 15 is 0 Å². The summed E-state index contributed by atoms with van der Waals surface area (Å²) in [7, 11) is 1.68. The fraction of sp³-hybridized carbons (Fsp3) is 0.571. The molecule has 1 fully saturated rings. The van der Waals surface area contributed by atoms with Crippen LogP contribution in [0.4, 0.5) is 0 Å². The van der Waals surface area contributed by atoms with Crippen LogP contribution in [0.3, 0.4) is 0 Å². The van der Waals surface area contributed by atoms with E-state index in [1.807, 2.05) is 19.1 Å². The molecule has 3 N–H and O–H groups in total. The van der Waals surface area contributed by atoms with Crippen molar-refractivity contribution < 1.29 is 4.74 Å². The summed E-state index contributed by atoms with van der Waals surface area (Å²) in [6.45, 7) is 4.03. The zero-order valence-electron chi connectivity index (χ0n) is 11.0. The van der Waals surface area contributed by atoms with Gasteiger partial charge in [-0.2, -0.15) is 0 Å². The van der Waals surface area contributed by atoms with Crippen LogP contribution in [0.25, 0.3) is 0 Å². The van der Waals surface area contributed by atoms with Crippen molar-refractivity contribution in [3.05, 3.63) is 28.3 Å². The Morgan fingerprint density at radius 3 is 2.89 bits per heavy atom. The van der Waals surface area contributed by atoms with Gasteiger partial charge in [0.15, 0.2) is 0 Å². The predicted molar refractivity (Wildman–Crippen MR) is 75.3 cm³/mol. The molecule has 18 heavy (non-hydrogen) atoms. The molecule has 0 aliphatic carbocycles. The average molecular weight is 269 g/mol. The molecule has 4 heteroatoms. The number of benzene rings is 1. The van der Waals surface area contributed by atoms with E-state index in [0.29, 0.717) is 5.92 Å². The van der Waals surface area contributed by atoms with Gasteiger partial charge >= 0.3 is 0 Å². The van der Waals surface area contributed by atoms with Crippen LogP contribution in [0.15, 0.2) is 12.1 Å². The van der Waals surface area contributed by atoms with Crippen LogP contribution in [0.1, 0.15) is 30.0 Å². The van der Waals surface area contributed by atoms with Gasteiger partial charge < -0.3 is 15.8 Å². The molecule has 2 rings (SSSR count). The molecule has 100 valence electrons. The largest absolute Gasteiger partial charge is 0.496 e. The van der Waals surface area contributed by atoms with Crippen LogP contribution in [0, 0.1) is 12.8 Å². The van der Waals surface area contributed by atoms with Gasteiger partial charge in [-0.3, -0.25) is 0 Å². The molecule has 1 saturated heterocycles. The molecule has 1 aromatic rings. The standard InChI is InChI=1S/C14H21ClN2O/c1-9-6-13(18-2)11(7-12(9)15)14(16)10-4-3-5-17-8-10/h6-7,10,14,17H,3-5,8,16H2,1-2H3. The lowest BCUT2D eigenvalue weighted by Crippen LogP contribution is -2.36. The van der Waals surface area contributed by atoms with Crippen LogP contribution in [-0.2, 0) is 0 Å². The number of nitrogens with two attached hydrogens (primary N) is 1. The van der Waals surface area contributed by atoms with Gasteiger partial charge in [0.1, 0.15) is 5.75 Å². The highest BCUT2D eigenvalue weighted by atomic mass is 35.5. The zero-order chi connectivity index (χ0) is 13.1. The number of rotatable bonds is 3. The molecule has 0 amide bonds. The molecular weight excluding hydrogens is 248 g/mol. The number of aryl methyl sites for hydroxylation is 1. The molecule has 3 nitrogen and oxygen atoms in total. The van der Waals surface area contributed by atoms with Crippen molar-refractivity contribution >= 4 is 11.6 Å². The Balaban J connectivity index is 2.27. The molecule has 0 saturated carbocycles. The Morgan fingerprint density at radius 2 is 2.28 bits per heavy atom. The Labute approximate surface area is 114 Å². The summed E-state index contributed by atoms with van der Waals surface area (Å²) in [4.78, 5) is 0. The minimum absolute atomic E-state index is 0.0224. The summed E-state index contributed by atoms with van der Waals surface area (Å²) in [6, 6.07) is 3.90. The highest BCUT2D eigenvalue weighted by Crippen LogP contribution is 2.34. The third-order valence-electron chi connectivity index (χ3n) is 3.71. The number of nitrogens with one attached hydrogen (secondary N) is 1. The summed E-state index contributed by atoms with van der Waals surface area (Å²) in [5.74, 6) is 1.29. The van der Waals surface area contributed by atoms with Crippen LogP contribution in [-0.4, -0.2) is 20.2 Å². The van der Waals surface area contributed by atoms with E-state index in [0.717, 1.165) is 41.4 Å². The topological polar surface area (TPSA) is 47.3 Å². The third-order valence-corrected chi connectivity index (χ3v) is 4.12. The van der Waals surface area contributed by atoms with Crippen molar-refractivity contribution in [3.63, 3.8) is 0 Å². The fourth-order valence-electron chi connectivity index (χ4n) is 2.55. The molecule has 1 aromatic carbocycles. The van der Waals surface area contributed by atoms with Crippen molar-refractivity contribution in [3.8, 4) is 5.75 Å². The molecule has 2 unspecified atom stereocenters. The van der Waals surface area contributed by atoms with Gasteiger partial charge in [0.2, 0.25) is 0 Å². The first-order valence-electron chi connectivity index (χ1n) is 6.44. The maximum absolute atomic E-state index is 6.39. The van der Waals surface area contributed by atoms with Crippen LogP contribution in [0.2, 0.25) is 5.02 Å². The number of hydrogen-bond donors (Lipinski definition) is 2. The smallest absolute Gasteiger partial charge is 0.124 e. The van der Waals surface area contributed by atoms with E-state index in [9.17, 15) is 0 Å². The molecule has 2 atom stereocenters. The van der Waals surface area contributed by atoms with Crippen molar-refractivity contribution in [1.29, 1.82) is 0 Å². The van der Waals surface area contributed by atoms with Gasteiger partial charge in [-0.25, -0.2) is 0 Å². The van der Waals surface area contributed by atoms with E-state index in [1.54, 1.807) is 7.11 Å². The maximum Gasteiger partial charge on any atom is 0.124 e. The molecule has 0 spiro atoms. The van der Waals surface area contributed by atoms with Crippen LogP contribution >= 0.6 is 11.6 Å². The number of halogens is 1. The van der Waals surface area contributed by atoms with Gasteiger partial charge in [0.25, 0.3) is 0 Å². The highest BCUT2D eigenvalue weighted by Gasteiger charge is 2.24. The van der Waals surface area contributed by atoms with E-state index in [4.69, 9.17) is 22.1 Å². The number of ether oxygens (including phenoxy) is 1. The Morgan fingerprint density at radius 1 is 1.50 bits per heavy atom. The highest BCUT2D eigenvalue weighted by molar-refractivity contribution is 6.31. The van der Waals surface area contributed by atoms with Gasteiger partial charge in [0.05, 0.1) is 7.11 Å². The number of methoxy groups -OCH3 is 1. The van der Waals surface area contributed by atoms with Gasteiger partial charge in [-0.1, -0.05) is 11.6 Å². The molecule has 0 aromatic heterocycles. The first-order chi connectivity index (χ1) is 8.63. The predicted octanol–water partition coefficient (Wildman–Crippen LogP) is 2.66. The van der Waals surface area contributed by atoms with E-state index in [1.165, 1.54) is 6.42 Å². The van der Waals surface area contributed by atoms with Gasteiger partial charge in [-0.15, -0.1) is 0 Å². The second-order valence-electron chi connectivity index (χ2n) is 4.98. The third kappa shape index (κ3) is 2.79. The molecule has 0 radical (unpaired) electrons. The SMILES string of the molecule is COc1cc(C)c(Cl)cc1C(N)C1CCCNC1. The Kier molecular flexibility index (Phi) is 4.49. The fourth-order valence-corrected chi connectivity index (χ4v) is 2.72. The molecular formula is C14H21ClN2O. The first-order valence-corrected chi connectivity index (χ1v) is 6.81. The monoisotopic (exact) mass is 268 g/mol. The molecule has 0 bridgehead atoms. The summed E-state index contributed by atoms with van der Waals surface area (Å²) in [5, 5.41) is 4.15. The van der Waals surface area contributed by atoms with Gasteiger partial charge in [-0.05, 0) is 56.5 Å². The molecule has 1 aliphatic heterocycles. The maximum atomic E-state index is 6.39.